The van der Waals surface area contributed by atoms with E-state index in [0.717, 1.165) is 0 Å². The maximum Gasteiger partial charge on any atom is 0.324 e. The molecule has 1 rings (SSSR count). The SMILES string of the molecule is O=[N+]([O-])c1cc([N+](=O)[O-])c(O)c([N+](=O)[O-])c1.[NH4+]. The number of quaternary nitrogens is 1. The van der Waals surface area contributed by atoms with Gasteiger partial charge < -0.3 is 11.3 Å². The summed E-state index contributed by atoms with van der Waals surface area (Å²) in [7, 11) is 0. The Morgan fingerprint density at radius 2 is 1.24 bits per heavy atom. The number of hydrogen-bond donors (Lipinski definition) is 2. The molecule has 0 atom stereocenters. The molecule has 0 fully saturated rings. The van der Waals surface area contributed by atoms with Gasteiger partial charge in [0.1, 0.15) is 0 Å². The third kappa shape index (κ3) is 2.60. The van der Waals surface area contributed by atoms with Gasteiger partial charge in [-0.3, -0.25) is 30.3 Å². The zero-order chi connectivity index (χ0) is 12.5. The average molecular weight is 247 g/mol. The lowest BCUT2D eigenvalue weighted by molar-refractivity contribution is -0.404. The van der Waals surface area contributed by atoms with Crippen LogP contribution in [0.25, 0.3) is 0 Å². The Kier molecular flexibility index (Phi) is 4.00. The van der Waals surface area contributed by atoms with Crippen LogP contribution >= 0.6 is 0 Å². The molecule has 0 heterocycles. The van der Waals surface area contributed by atoms with Crippen molar-refractivity contribution >= 4 is 17.1 Å². The van der Waals surface area contributed by atoms with E-state index in [1.807, 2.05) is 0 Å². The second kappa shape index (κ2) is 4.80. The molecule has 11 nitrogen and oxygen atoms in total. The summed E-state index contributed by atoms with van der Waals surface area (Å²) in [6, 6.07) is 0.894. The van der Waals surface area contributed by atoms with Crippen molar-refractivity contribution in [3.05, 3.63) is 42.5 Å². The molecule has 0 aliphatic heterocycles. The number of benzene rings is 1. The van der Waals surface area contributed by atoms with Crippen LogP contribution < -0.4 is 6.15 Å². The topological polar surface area (TPSA) is 186 Å². The maximum atomic E-state index is 10.4. The molecule has 0 aromatic heterocycles. The Labute approximate surface area is 92.3 Å². The van der Waals surface area contributed by atoms with Crippen LogP contribution in [0, 0.1) is 30.3 Å². The van der Waals surface area contributed by atoms with Gasteiger partial charge in [0.15, 0.2) is 0 Å². The van der Waals surface area contributed by atoms with Gasteiger partial charge in [-0.05, 0) is 0 Å². The van der Waals surface area contributed by atoms with E-state index in [-0.39, 0.29) is 6.15 Å². The molecule has 0 saturated heterocycles. The summed E-state index contributed by atoms with van der Waals surface area (Å²) in [6.45, 7) is 0. The van der Waals surface area contributed by atoms with E-state index in [0.29, 0.717) is 12.1 Å². The predicted octanol–water partition coefficient (Wildman–Crippen LogP) is 1.49. The Balaban J connectivity index is 0.00000256. The van der Waals surface area contributed by atoms with E-state index < -0.39 is 37.6 Å². The number of aromatic hydroxyl groups is 1. The first-order valence-electron chi connectivity index (χ1n) is 3.64. The van der Waals surface area contributed by atoms with Crippen LogP contribution in [0.2, 0.25) is 0 Å². The monoisotopic (exact) mass is 247 g/mol. The number of rotatable bonds is 3. The van der Waals surface area contributed by atoms with Crippen LogP contribution in [0.15, 0.2) is 12.1 Å². The molecule has 0 radical (unpaired) electrons. The van der Waals surface area contributed by atoms with Crippen LogP contribution in [0.5, 0.6) is 5.75 Å². The van der Waals surface area contributed by atoms with Crippen LogP contribution in [-0.2, 0) is 0 Å². The standard InChI is InChI=1S/C6H3N3O7.H3N/c10-6-4(8(13)14)1-3(7(11)12)2-5(6)9(15)16;/h1-2,10H;1H3/p+1. The van der Waals surface area contributed by atoms with E-state index in [9.17, 15) is 30.3 Å². The molecule has 1 aromatic rings. The second-order valence-electron chi connectivity index (χ2n) is 2.60. The van der Waals surface area contributed by atoms with E-state index in [2.05, 4.69) is 0 Å². The van der Waals surface area contributed by atoms with Gasteiger partial charge in [0.2, 0.25) is 0 Å². The molecule has 17 heavy (non-hydrogen) atoms. The van der Waals surface area contributed by atoms with Crippen molar-refractivity contribution in [3.63, 3.8) is 0 Å². The number of nitro groups is 3. The minimum absolute atomic E-state index is 0. The Hall–Kier alpha value is -2.82. The fourth-order valence-corrected chi connectivity index (χ4v) is 0.974. The number of hydrogen-bond acceptors (Lipinski definition) is 7. The highest BCUT2D eigenvalue weighted by atomic mass is 16.6. The van der Waals surface area contributed by atoms with Gasteiger partial charge in [0.25, 0.3) is 11.4 Å². The van der Waals surface area contributed by atoms with E-state index in [1.54, 1.807) is 0 Å². The first kappa shape index (κ1) is 14.2. The lowest BCUT2D eigenvalue weighted by Crippen LogP contribution is -1.97. The molecule has 0 saturated carbocycles. The number of nitro benzene ring substituents is 3. The van der Waals surface area contributed by atoms with Gasteiger partial charge in [-0.25, -0.2) is 0 Å². The third-order valence-electron chi connectivity index (χ3n) is 1.66. The Morgan fingerprint density at radius 1 is 0.882 bits per heavy atom. The van der Waals surface area contributed by atoms with Crippen molar-refractivity contribution in [2.24, 2.45) is 0 Å². The zero-order valence-electron chi connectivity index (χ0n) is 8.39. The van der Waals surface area contributed by atoms with Gasteiger partial charge in [0.05, 0.1) is 26.9 Å². The molecule has 0 aliphatic rings. The lowest BCUT2D eigenvalue weighted by atomic mass is 10.2. The fourth-order valence-electron chi connectivity index (χ4n) is 0.974. The summed E-state index contributed by atoms with van der Waals surface area (Å²) < 4.78 is 0. The highest BCUT2D eigenvalue weighted by Gasteiger charge is 2.29. The van der Waals surface area contributed by atoms with Gasteiger partial charge in [-0.15, -0.1) is 0 Å². The third-order valence-corrected chi connectivity index (χ3v) is 1.66. The largest absolute Gasteiger partial charge is 0.497 e. The number of nitrogens with zero attached hydrogens (tertiary/aromatic N) is 3. The van der Waals surface area contributed by atoms with Crippen molar-refractivity contribution in [2.75, 3.05) is 0 Å². The molecule has 11 heteroatoms. The highest BCUT2D eigenvalue weighted by Crippen LogP contribution is 2.38. The fraction of sp³-hybridized carbons (Fsp3) is 0. The molecular weight excluding hydrogens is 240 g/mol. The van der Waals surface area contributed by atoms with Crippen molar-refractivity contribution in [1.29, 1.82) is 0 Å². The quantitative estimate of drug-likeness (QED) is 0.597. The maximum absolute atomic E-state index is 10.4. The summed E-state index contributed by atoms with van der Waals surface area (Å²) in [4.78, 5) is 27.8. The predicted molar refractivity (Wildman–Crippen MR) is 54.1 cm³/mol. The van der Waals surface area contributed by atoms with Crippen LogP contribution in [0.3, 0.4) is 0 Å². The molecule has 5 N–H and O–H groups in total. The number of phenols is 1. The summed E-state index contributed by atoms with van der Waals surface area (Å²) in [5.74, 6) is -1.21. The molecule has 0 amide bonds. The first-order valence-corrected chi connectivity index (χ1v) is 3.64. The molecule has 92 valence electrons. The summed E-state index contributed by atoms with van der Waals surface area (Å²) in [6.07, 6.45) is 0. The van der Waals surface area contributed by atoms with Crippen LogP contribution in [-0.4, -0.2) is 19.9 Å². The van der Waals surface area contributed by atoms with Crippen molar-refractivity contribution in [3.8, 4) is 5.75 Å². The first-order chi connectivity index (χ1) is 7.34. The van der Waals surface area contributed by atoms with Crippen LogP contribution in [0.1, 0.15) is 0 Å². The molecule has 0 unspecified atom stereocenters. The second-order valence-corrected chi connectivity index (χ2v) is 2.60. The summed E-state index contributed by atoms with van der Waals surface area (Å²) in [5, 5.41) is 40.2. The van der Waals surface area contributed by atoms with Crippen molar-refractivity contribution < 1.29 is 19.9 Å². The molecule has 0 bridgehead atoms. The Morgan fingerprint density at radius 3 is 1.47 bits per heavy atom. The van der Waals surface area contributed by atoms with Gasteiger partial charge >= 0.3 is 11.4 Å². The Bertz CT molecular complexity index is 464. The van der Waals surface area contributed by atoms with Gasteiger partial charge in [-0.2, -0.15) is 0 Å². The van der Waals surface area contributed by atoms with Crippen molar-refractivity contribution in [1.82, 2.24) is 6.15 Å². The normalized spacial score (nSPS) is 9.18. The smallest absolute Gasteiger partial charge is 0.324 e. The summed E-state index contributed by atoms with van der Waals surface area (Å²) >= 11 is 0. The zero-order valence-corrected chi connectivity index (χ0v) is 8.39. The highest BCUT2D eigenvalue weighted by molar-refractivity contribution is 5.64. The van der Waals surface area contributed by atoms with Gasteiger partial charge in [0, 0.05) is 0 Å². The lowest BCUT2D eigenvalue weighted by Gasteiger charge is -1.97. The van der Waals surface area contributed by atoms with E-state index in [4.69, 9.17) is 5.11 Å². The molecule has 0 spiro atoms. The number of phenolic OH excluding ortho intramolecular Hbond substituents is 1. The van der Waals surface area contributed by atoms with Crippen molar-refractivity contribution in [2.45, 2.75) is 0 Å². The minimum atomic E-state index is -1.21. The molecule has 0 aliphatic carbocycles. The molecule has 1 aromatic carbocycles. The average Bonchev–Trinajstić information content (AvgIpc) is 2.16. The number of non-ortho nitro benzene ring substituents is 1. The summed E-state index contributed by atoms with van der Waals surface area (Å²) in [5.41, 5.74) is -3.00. The minimum Gasteiger partial charge on any atom is -0.497 e. The van der Waals surface area contributed by atoms with Gasteiger partial charge in [-0.1, -0.05) is 0 Å². The van der Waals surface area contributed by atoms with E-state index >= 15 is 0 Å². The molecular formula is C6H7N4O7+. The van der Waals surface area contributed by atoms with Crippen LogP contribution in [0.4, 0.5) is 17.1 Å². The van der Waals surface area contributed by atoms with E-state index in [1.165, 1.54) is 0 Å².